The van der Waals surface area contributed by atoms with Crippen LogP contribution in [-0.2, 0) is 114 Å². The predicted molar refractivity (Wildman–Crippen MR) is 486 cm³/mol. The average Bonchev–Trinajstić information content (AvgIpc) is 1.10. The van der Waals surface area contributed by atoms with Crippen molar-refractivity contribution in [1.82, 2.24) is 99.7 Å². The summed E-state index contributed by atoms with van der Waals surface area (Å²) in [7, 11) is 0. The molecule has 0 bridgehead atoms. The summed E-state index contributed by atoms with van der Waals surface area (Å²) in [5, 5.41) is 76.7. The Bertz CT molecular complexity index is 4780. The summed E-state index contributed by atoms with van der Waals surface area (Å²) in [4.78, 5) is 301. The first-order valence-corrected chi connectivity index (χ1v) is 44.3. The van der Waals surface area contributed by atoms with E-state index in [-0.39, 0.29) is 81.3 Å². The zero-order valence-electron chi connectivity index (χ0n) is 77.6. The second-order valence-electron chi connectivity index (χ2n) is 34.0. The molecular formula is C86H131N25O25. The second kappa shape index (κ2) is 57.4. The Morgan fingerprint density at radius 1 is 0.404 bits per heavy atom. The van der Waals surface area contributed by atoms with Crippen LogP contribution in [0, 0.1) is 23.7 Å². The van der Waals surface area contributed by atoms with Gasteiger partial charge < -0.3 is 139 Å². The number of rotatable bonds is 62. The van der Waals surface area contributed by atoms with Crippen LogP contribution in [0.4, 0.5) is 5.69 Å². The fraction of sp³-hybridized carbons (Fsp3) is 0.570. The van der Waals surface area contributed by atoms with Gasteiger partial charge in [-0.1, -0.05) is 85.7 Å². The molecule has 50 heteroatoms. The number of aliphatic carboxylic acids is 3. The first-order valence-electron chi connectivity index (χ1n) is 44.3. The van der Waals surface area contributed by atoms with Crippen molar-refractivity contribution < 1.29 is 121 Å². The van der Waals surface area contributed by atoms with Crippen molar-refractivity contribution in [1.29, 1.82) is 0 Å². The molecule has 136 heavy (non-hydrogen) atoms. The number of imidazole rings is 2. The number of benzene rings is 2. The first kappa shape index (κ1) is 114. The lowest BCUT2D eigenvalue weighted by molar-refractivity contribution is -0.143. The maximum Gasteiger partial charge on any atom is 0.326 e. The minimum absolute atomic E-state index is 0.0669. The summed E-state index contributed by atoms with van der Waals surface area (Å²) < 4.78 is 0. The number of hydrogen-bond donors (Lipinski definition) is 26. The number of aliphatic hydroxyl groups is 1. The summed E-state index contributed by atoms with van der Waals surface area (Å²) in [5.41, 5.74) is 29.0. The lowest BCUT2D eigenvalue weighted by atomic mass is 9.99. The third kappa shape index (κ3) is 39.2. The fourth-order valence-electron chi connectivity index (χ4n) is 13.6. The molecule has 31 N–H and O–H groups in total. The molecule has 0 spiro atoms. The topological polar surface area (TPSA) is 811 Å². The fourth-order valence-corrected chi connectivity index (χ4v) is 13.6. The van der Waals surface area contributed by atoms with Crippen LogP contribution in [0.2, 0.25) is 0 Å². The SMILES string of the molecule is CC(C)C[C@H](NC(=O)[C@H](CCCCN)NC(=O)[C@H](CCC(N)=O)NC(=O)[C@H](Cc1c[nH]cn1)NC(=O)[C@H](Cc1c[nH]cn1)NC(=O)[C@@H](N)C(C)C)C(=O)N[C@H](C(=O)NCC(=O)N(c1ccc2ccccc2c1)[C@@H](C)C(=O)N[C@@H](C)C(=O)N[C@@H](CCC(=O)O)C(=O)N[C@@H](CC(=O)O)C(=O)N[C@H](C(=O)NCC(=O)N[C@@H](CO)C(=O)N[C@@H](CC(N)=O)C(=O)N[C@@H](CCCCN)C(=O)O)C(C)C)C(C)C. The molecule has 4 aromatic rings. The van der Waals surface area contributed by atoms with Crippen LogP contribution in [0.3, 0.4) is 0 Å². The van der Waals surface area contributed by atoms with Gasteiger partial charge in [0.05, 0.1) is 62.6 Å². The number of nitrogens with one attached hydrogen (secondary N) is 17. The van der Waals surface area contributed by atoms with E-state index >= 15 is 0 Å². The molecule has 2 aromatic heterocycles. The van der Waals surface area contributed by atoms with Gasteiger partial charge in [-0.25, -0.2) is 14.8 Å². The lowest BCUT2D eigenvalue weighted by Gasteiger charge is -2.31. The molecule has 750 valence electrons. The first-order chi connectivity index (χ1) is 64.1. The van der Waals surface area contributed by atoms with E-state index in [0.717, 1.165) is 11.8 Å². The molecule has 15 atom stereocenters. The molecule has 0 unspecified atom stereocenters. The molecule has 18 amide bonds. The molecule has 50 nitrogen and oxygen atoms in total. The number of nitrogens with two attached hydrogens (primary N) is 5. The van der Waals surface area contributed by atoms with Gasteiger partial charge in [-0.2, -0.15) is 0 Å². The number of aromatic nitrogens is 4. The second-order valence-corrected chi connectivity index (χ2v) is 34.0. The Labute approximate surface area is 783 Å². The van der Waals surface area contributed by atoms with E-state index in [0.29, 0.717) is 29.3 Å². The number of unbranched alkanes of at least 4 members (excludes halogenated alkanes) is 2. The predicted octanol–water partition coefficient (Wildman–Crippen LogP) is -6.80. The highest BCUT2D eigenvalue weighted by Gasteiger charge is 2.40. The van der Waals surface area contributed by atoms with Crippen LogP contribution in [0.5, 0.6) is 0 Å². The molecule has 0 saturated heterocycles. The highest BCUT2D eigenvalue weighted by atomic mass is 16.4. The van der Waals surface area contributed by atoms with Gasteiger partial charge in [-0.05, 0) is 131 Å². The Hall–Kier alpha value is -14.2. The normalized spacial score (nSPS) is 14.5. The van der Waals surface area contributed by atoms with E-state index in [2.05, 4.69) is 99.7 Å². The number of nitrogens with zero attached hydrogens (tertiary/aromatic N) is 3. The number of carbonyl (C=O) groups is 21. The van der Waals surface area contributed by atoms with Crippen molar-refractivity contribution in [3.63, 3.8) is 0 Å². The molecule has 2 aromatic carbocycles. The smallest absolute Gasteiger partial charge is 0.326 e. The number of H-pyrrole nitrogens is 2. The number of carboxylic acids is 3. The number of amides is 18. The van der Waals surface area contributed by atoms with Gasteiger partial charge in [0.15, 0.2) is 0 Å². The Balaban J connectivity index is 1.54. The van der Waals surface area contributed by atoms with Gasteiger partial charge in [-0.3, -0.25) is 101 Å². The van der Waals surface area contributed by atoms with E-state index in [1.54, 1.807) is 77.9 Å². The molecule has 0 aliphatic carbocycles. The number of carbonyl (C=O) groups excluding carboxylic acids is 18. The number of aliphatic hydroxyl groups excluding tert-OH is 1. The molecule has 0 radical (unpaired) electrons. The van der Waals surface area contributed by atoms with Crippen LogP contribution >= 0.6 is 0 Å². The Morgan fingerprint density at radius 2 is 0.831 bits per heavy atom. The van der Waals surface area contributed by atoms with Crippen molar-refractivity contribution in [2.24, 2.45) is 52.3 Å². The van der Waals surface area contributed by atoms with Crippen LogP contribution in [0.1, 0.15) is 164 Å². The quantitative estimate of drug-likeness (QED) is 0.0183. The minimum Gasteiger partial charge on any atom is -0.481 e. The summed E-state index contributed by atoms with van der Waals surface area (Å²) >= 11 is 0. The van der Waals surface area contributed by atoms with E-state index < -0.39 is 285 Å². The minimum atomic E-state index is -2.09. The molecular weight excluding hydrogens is 1780 g/mol. The van der Waals surface area contributed by atoms with Crippen LogP contribution in [0.15, 0.2) is 67.5 Å². The highest BCUT2D eigenvalue weighted by Crippen LogP contribution is 2.25. The Morgan fingerprint density at radius 3 is 1.29 bits per heavy atom. The van der Waals surface area contributed by atoms with Gasteiger partial charge in [0.25, 0.3) is 0 Å². The summed E-state index contributed by atoms with van der Waals surface area (Å²) in [6.45, 7) is 12.6. The average molecular weight is 1920 g/mol. The maximum absolute atomic E-state index is 14.8. The number of anilines is 1. The number of fused-ring (bicyclic) bond motifs is 1. The molecule has 0 saturated carbocycles. The van der Waals surface area contributed by atoms with Crippen molar-refractivity contribution >= 4 is 141 Å². The number of aromatic amines is 2. The van der Waals surface area contributed by atoms with Crippen LogP contribution in [-0.4, -0.2) is 288 Å². The van der Waals surface area contributed by atoms with Crippen molar-refractivity contribution in [2.45, 2.75) is 256 Å². The standard InChI is InChI=1S/C86H131N25O25/c1-42(2)29-57(104-74(123)53(19-13-15-27-87)101-75(124)54(23-25-63(89)113)102-77(126)58(31-50-35-92-40-96-50)105-78(127)59(32-51-36-93-41-97-51)108-83(132)69(91)43(3)4)80(129)109-71(45(7)8)85(134)95-38-66(116)111(52-22-21-48-17-11-12-18-49(48)30-52)47(10)73(122)98-46(9)72(121)100-55(24-26-67(117)118)76(125)107-61(34-68(119)120)81(130)110-70(44(5)6)84(133)94-37-65(115)99-62(39-112)82(131)106-60(33-64(90)114)79(128)103-56(86(135)136)20-14-16-28-88/h11-12,17-18,21-22,30,35-36,40-47,53-62,69-71,112H,13-16,19-20,23-29,31-34,37-39,87-88,91H2,1-10H3,(H2,89,113)(H2,90,114)(H,92,96)(H,93,97)(H,94,133)(H,95,134)(H,98,122)(H,99,115)(H,100,121)(H,101,124)(H,102,126)(H,103,128)(H,104,123)(H,105,127)(H,106,131)(H,107,125)(H,108,132)(H,109,129)(H,110,130)(H,117,118)(H,119,120)(H,135,136)/t46-,47-,53-,54-,55-,56-,57-,58-,59-,60-,61-,62-,69-,70-,71-/m0/s1. The zero-order chi connectivity index (χ0) is 102. The third-order valence-electron chi connectivity index (χ3n) is 21.3. The maximum atomic E-state index is 14.8. The molecule has 0 aliphatic rings. The van der Waals surface area contributed by atoms with Gasteiger partial charge in [0.2, 0.25) is 106 Å². The number of hydrogen-bond acceptors (Lipinski definition) is 27. The van der Waals surface area contributed by atoms with E-state index in [1.807, 2.05) is 0 Å². The largest absolute Gasteiger partial charge is 0.481 e. The van der Waals surface area contributed by atoms with Gasteiger partial charge in [0, 0.05) is 43.8 Å². The number of primary amides is 2. The van der Waals surface area contributed by atoms with Crippen molar-refractivity contribution in [3.05, 3.63) is 78.9 Å². The third-order valence-corrected chi connectivity index (χ3v) is 21.3. The van der Waals surface area contributed by atoms with E-state index in [1.165, 1.54) is 51.9 Å². The monoisotopic (exact) mass is 1910 g/mol. The Kier molecular flexibility index (Phi) is 48.2. The molecule has 2 heterocycles. The molecule has 4 rings (SSSR count). The summed E-state index contributed by atoms with van der Waals surface area (Å²) in [5.74, 6) is -25.8. The number of carboxylic acid groups (broad SMARTS) is 3. The van der Waals surface area contributed by atoms with Gasteiger partial charge in [0.1, 0.15) is 84.6 Å². The van der Waals surface area contributed by atoms with Crippen molar-refractivity contribution in [2.75, 3.05) is 37.7 Å². The van der Waals surface area contributed by atoms with Gasteiger partial charge in [-0.15, -0.1) is 0 Å². The van der Waals surface area contributed by atoms with Crippen LogP contribution < -0.4 is 113 Å². The molecule has 0 fully saturated rings. The van der Waals surface area contributed by atoms with E-state index in [9.17, 15) is 121 Å². The summed E-state index contributed by atoms with van der Waals surface area (Å²) in [6, 6.07) is -12.4. The van der Waals surface area contributed by atoms with Gasteiger partial charge >= 0.3 is 17.9 Å². The zero-order valence-corrected chi connectivity index (χ0v) is 77.6. The highest BCUT2D eigenvalue weighted by molar-refractivity contribution is 6.06. The van der Waals surface area contributed by atoms with Crippen molar-refractivity contribution in [3.8, 4) is 0 Å². The van der Waals surface area contributed by atoms with E-state index in [4.69, 9.17) is 28.7 Å². The summed E-state index contributed by atoms with van der Waals surface area (Å²) in [6.07, 6.45) is 1.62. The molecule has 0 aliphatic heterocycles. The van der Waals surface area contributed by atoms with Crippen LogP contribution in [0.25, 0.3) is 10.8 Å². The lowest BCUT2D eigenvalue weighted by Crippen LogP contribution is -2.61.